The van der Waals surface area contributed by atoms with Gasteiger partial charge in [-0.15, -0.1) is 0 Å². The molecule has 1 unspecified atom stereocenters. The summed E-state index contributed by atoms with van der Waals surface area (Å²) in [5, 5.41) is 4.25. The smallest absolute Gasteiger partial charge is 0.325 e. The maximum absolute atomic E-state index is 14.9. The second kappa shape index (κ2) is 17.1. The molecule has 1 fully saturated rings. The van der Waals surface area contributed by atoms with Gasteiger partial charge in [0.25, 0.3) is 0 Å². The van der Waals surface area contributed by atoms with E-state index >= 15 is 0 Å². The van der Waals surface area contributed by atoms with E-state index in [1.54, 1.807) is 29.6 Å². The minimum Gasteiger partial charge on any atom is -0.493 e. The number of likely N-dealkylation sites (tertiary alicyclic amines) is 1. The van der Waals surface area contributed by atoms with Gasteiger partial charge >= 0.3 is 6.03 Å². The lowest BCUT2D eigenvalue weighted by Crippen LogP contribution is -2.50. The first-order chi connectivity index (χ1) is 24.7. The van der Waals surface area contributed by atoms with Gasteiger partial charge in [-0.05, 0) is 81.9 Å². The van der Waals surface area contributed by atoms with Crippen LogP contribution in [0.15, 0.2) is 89.3 Å². The van der Waals surface area contributed by atoms with Gasteiger partial charge in [-0.1, -0.05) is 68.3 Å². The van der Waals surface area contributed by atoms with Crippen LogP contribution in [0, 0.1) is 11.8 Å². The first-order valence-electron chi connectivity index (χ1n) is 18.0. The number of hydrogen-bond donors (Lipinski definition) is 1. The lowest BCUT2D eigenvalue weighted by molar-refractivity contribution is -0.117. The number of carbonyl (C=O) groups is 2. The molecule has 52 heavy (non-hydrogen) atoms. The van der Waals surface area contributed by atoms with E-state index in [1.807, 2.05) is 60.4 Å². The standard InChI is InChI=1S/C41H50Cl2N6O3/c1-7-52-35-24-36(40(2,3)4)45-26-34(35)38(47-41(5,6)30-12-16-32(43)17-13-30)49(27-29-10-14-31(42)15-11-29)39(51)48-21-18-28(19-22-48)23-37(50)46-33-9-8-20-44-25-33/h8-12,14-17,20,24-26,28,30H,7,13,18-19,21-23,27H2,1-6H3,(H,46,50)/b47-38-. The van der Waals surface area contributed by atoms with Crippen LogP contribution < -0.4 is 10.1 Å². The number of amides is 3. The van der Waals surface area contributed by atoms with Crippen LogP contribution in [0.1, 0.15) is 84.0 Å². The van der Waals surface area contributed by atoms with Gasteiger partial charge in [-0.3, -0.25) is 24.7 Å². The molecule has 3 amide bonds. The molecule has 276 valence electrons. The summed E-state index contributed by atoms with van der Waals surface area (Å²) in [5.74, 6) is 1.22. The molecule has 1 saturated heterocycles. The molecule has 3 heterocycles. The molecule has 11 heteroatoms. The third-order valence-corrected chi connectivity index (χ3v) is 10.1. The number of pyridine rings is 2. The molecule has 2 aromatic heterocycles. The first-order valence-corrected chi connectivity index (χ1v) is 18.8. The number of rotatable bonds is 10. The van der Waals surface area contributed by atoms with Gasteiger partial charge in [0, 0.05) is 65.1 Å². The molecule has 3 aromatic rings. The Morgan fingerprint density at radius 2 is 1.79 bits per heavy atom. The molecule has 1 N–H and O–H groups in total. The third-order valence-electron chi connectivity index (χ3n) is 9.58. The number of anilines is 1. The van der Waals surface area contributed by atoms with Crippen LogP contribution in [0.5, 0.6) is 5.75 Å². The van der Waals surface area contributed by atoms with Crippen molar-refractivity contribution in [1.82, 2.24) is 19.8 Å². The lowest BCUT2D eigenvalue weighted by atomic mass is 9.83. The minimum atomic E-state index is -0.640. The highest BCUT2D eigenvalue weighted by atomic mass is 35.5. The van der Waals surface area contributed by atoms with Crippen molar-refractivity contribution >= 4 is 46.7 Å². The Bertz CT molecular complexity index is 1790. The molecule has 2 aliphatic rings. The number of benzene rings is 1. The Balaban J connectivity index is 1.51. The molecular formula is C41H50Cl2N6O3. The zero-order valence-corrected chi connectivity index (χ0v) is 32.5. The average molecular weight is 746 g/mol. The first kappa shape index (κ1) is 39.0. The molecule has 1 aliphatic heterocycles. The number of halogens is 2. The van der Waals surface area contributed by atoms with Gasteiger partial charge in [0.2, 0.25) is 5.91 Å². The monoisotopic (exact) mass is 744 g/mol. The van der Waals surface area contributed by atoms with Crippen molar-refractivity contribution in [2.24, 2.45) is 16.8 Å². The van der Waals surface area contributed by atoms with E-state index in [4.69, 9.17) is 37.9 Å². The van der Waals surface area contributed by atoms with E-state index in [-0.39, 0.29) is 35.7 Å². The van der Waals surface area contributed by atoms with Crippen LogP contribution in [-0.4, -0.2) is 62.8 Å². The summed E-state index contributed by atoms with van der Waals surface area (Å²) >= 11 is 12.6. The Labute approximate surface area is 318 Å². The highest BCUT2D eigenvalue weighted by molar-refractivity contribution is 6.31. The van der Waals surface area contributed by atoms with E-state index in [0.717, 1.165) is 11.3 Å². The summed E-state index contributed by atoms with van der Waals surface area (Å²) in [5.41, 5.74) is 2.22. The van der Waals surface area contributed by atoms with Crippen LogP contribution in [0.25, 0.3) is 0 Å². The van der Waals surface area contributed by atoms with Gasteiger partial charge < -0.3 is 15.0 Å². The number of nitrogens with one attached hydrogen (secondary N) is 1. The van der Waals surface area contributed by atoms with Crippen LogP contribution in [0.3, 0.4) is 0 Å². The number of piperidine rings is 1. The fraction of sp³-hybridized carbons (Fsp3) is 0.439. The SMILES string of the molecule is CCOc1cc(C(C)(C)C)ncc1/C(=N/C(C)(C)C1C=CC(Cl)=CC1)N(Cc1ccc(Cl)cc1)C(=O)N1CCC(CC(=O)Nc2cccnc2)CC1. The fourth-order valence-electron chi connectivity index (χ4n) is 6.45. The van der Waals surface area contributed by atoms with E-state index in [9.17, 15) is 9.59 Å². The fourth-order valence-corrected chi connectivity index (χ4v) is 6.73. The van der Waals surface area contributed by atoms with Crippen molar-refractivity contribution in [3.63, 3.8) is 0 Å². The van der Waals surface area contributed by atoms with Gasteiger partial charge in [0.1, 0.15) is 11.6 Å². The topological polar surface area (TPSA) is 100 Å². The Morgan fingerprint density at radius 1 is 1.06 bits per heavy atom. The summed E-state index contributed by atoms with van der Waals surface area (Å²) in [6, 6.07) is 12.9. The van der Waals surface area contributed by atoms with Gasteiger partial charge in [-0.2, -0.15) is 0 Å². The van der Waals surface area contributed by atoms with Crippen molar-refractivity contribution in [1.29, 1.82) is 0 Å². The molecule has 9 nitrogen and oxygen atoms in total. The predicted molar refractivity (Wildman–Crippen MR) is 210 cm³/mol. The number of amidine groups is 1. The van der Waals surface area contributed by atoms with E-state index < -0.39 is 5.54 Å². The Kier molecular flexibility index (Phi) is 12.8. The summed E-state index contributed by atoms with van der Waals surface area (Å²) in [7, 11) is 0. The molecule has 1 atom stereocenters. The van der Waals surface area contributed by atoms with Crippen molar-refractivity contribution < 1.29 is 14.3 Å². The van der Waals surface area contributed by atoms with Crippen molar-refractivity contribution in [2.45, 2.75) is 84.7 Å². The van der Waals surface area contributed by atoms with Crippen LogP contribution in [0.2, 0.25) is 5.02 Å². The molecule has 1 aromatic carbocycles. The summed E-state index contributed by atoms with van der Waals surface area (Å²) < 4.78 is 6.29. The summed E-state index contributed by atoms with van der Waals surface area (Å²) in [6.45, 7) is 14.1. The van der Waals surface area contributed by atoms with Crippen molar-refractivity contribution in [2.75, 3.05) is 25.0 Å². The number of aromatic nitrogens is 2. The molecule has 0 radical (unpaired) electrons. The molecule has 1 aliphatic carbocycles. The predicted octanol–water partition coefficient (Wildman–Crippen LogP) is 9.41. The second-order valence-corrected chi connectivity index (χ2v) is 15.9. The van der Waals surface area contributed by atoms with Crippen molar-refractivity contribution in [3.8, 4) is 5.75 Å². The van der Waals surface area contributed by atoms with Gasteiger partial charge in [0.15, 0.2) is 0 Å². The zero-order valence-electron chi connectivity index (χ0n) is 31.0. The minimum absolute atomic E-state index is 0.0309. The highest BCUT2D eigenvalue weighted by Crippen LogP contribution is 2.35. The van der Waals surface area contributed by atoms with Crippen LogP contribution in [-0.2, 0) is 16.8 Å². The largest absolute Gasteiger partial charge is 0.493 e. The second-order valence-electron chi connectivity index (χ2n) is 15.0. The number of carbonyl (C=O) groups excluding carboxylic acids is 2. The highest BCUT2D eigenvalue weighted by Gasteiger charge is 2.35. The quantitative estimate of drug-likeness (QED) is 0.165. The number of nitrogens with zero attached hydrogens (tertiary/aromatic N) is 5. The lowest BCUT2D eigenvalue weighted by Gasteiger charge is -2.38. The molecule has 0 spiro atoms. The maximum atomic E-state index is 14.9. The Hall–Kier alpha value is -4.21. The molecule has 0 saturated carbocycles. The number of aliphatic imine (C=N–C) groups is 1. The molecule has 0 bridgehead atoms. The van der Waals surface area contributed by atoms with E-state index in [1.165, 1.54) is 0 Å². The van der Waals surface area contributed by atoms with E-state index in [0.29, 0.717) is 78.3 Å². The van der Waals surface area contributed by atoms with Gasteiger partial charge in [0.05, 0.1) is 36.1 Å². The van der Waals surface area contributed by atoms with Gasteiger partial charge in [-0.25, -0.2) is 4.79 Å². The molecule has 5 rings (SSSR count). The number of hydrogen-bond acceptors (Lipinski definition) is 6. The normalized spacial score (nSPS) is 17.1. The summed E-state index contributed by atoms with van der Waals surface area (Å²) in [6.07, 6.45) is 13.6. The van der Waals surface area contributed by atoms with E-state index in [2.05, 4.69) is 51.0 Å². The van der Waals surface area contributed by atoms with Crippen LogP contribution in [0.4, 0.5) is 10.5 Å². The Morgan fingerprint density at radius 3 is 2.40 bits per heavy atom. The maximum Gasteiger partial charge on any atom is 0.325 e. The number of allylic oxidation sites excluding steroid dienone is 3. The third kappa shape index (κ3) is 10.2. The number of ether oxygens (including phenoxy) is 1. The molecular weight excluding hydrogens is 695 g/mol. The average Bonchev–Trinajstić information content (AvgIpc) is 3.11. The van der Waals surface area contributed by atoms with Crippen molar-refractivity contribution in [3.05, 3.63) is 106 Å². The van der Waals surface area contributed by atoms with Crippen LogP contribution >= 0.6 is 23.2 Å². The zero-order chi connectivity index (χ0) is 37.5. The number of urea groups is 1. The summed E-state index contributed by atoms with van der Waals surface area (Å²) in [4.78, 5) is 45.8.